The highest BCUT2D eigenvalue weighted by Gasteiger charge is 2.14. The van der Waals surface area contributed by atoms with Gasteiger partial charge in [-0.15, -0.1) is 34.3 Å². The Labute approximate surface area is 102 Å². The molecule has 0 amide bonds. The van der Waals surface area contributed by atoms with Gasteiger partial charge in [0, 0.05) is 9.75 Å². The number of thiophene rings is 2. The molecule has 0 saturated heterocycles. The Kier molecular flexibility index (Phi) is 3.34. The Morgan fingerprint density at radius 3 is 2.73 bits per heavy atom. The zero-order valence-electron chi connectivity index (χ0n) is 8.49. The summed E-state index contributed by atoms with van der Waals surface area (Å²) in [4.78, 5) is 2.42. The average molecular weight is 259 g/mol. The highest BCUT2D eigenvalue weighted by atomic mass is 35.5. The number of hydrogen-bond donors (Lipinski definition) is 0. The molecule has 15 heavy (non-hydrogen) atoms. The minimum absolute atomic E-state index is 0.0520. The van der Waals surface area contributed by atoms with Crippen molar-refractivity contribution in [2.24, 2.45) is 0 Å². The number of aryl methyl sites for hydroxylation is 1. The molecule has 2 rings (SSSR count). The van der Waals surface area contributed by atoms with E-state index in [4.69, 9.17) is 16.3 Å². The number of hydrogen-bond acceptors (Lipinski definition) is 3. The standard InChI is InChI=1S/C11H11ClOS2/c1-7-5-8(6-14-7)11(12)9-3-4-10(13-2)15-9/h3-6,11H,1-2H3. The summed E-state index contributed by atoms with van der Waals surface area (Å²) in [6.07, 6.45) is 0. The third-order valence-corrected chi connectivity index (χ3v) is 4.70. The van der Waals surface area contributed by atoms with Crippen LogP contribution in [0.4, 0.5) is 0 Å². The molecule has 0 aromatic carbocycles. The quantitative estimate of drug-likeness (QED) is 0.739. The highest BCUT2D eigenvalue weighted by molar-refractivity contribution is 7.14. The van der Waals surface area contributed by atoms with Gasteiger partial charge in [0.25, 0.3) is 0 Å². The monoisotopic (exact) mass is 258 g/mol. The lowest BCUT2D eigenvalue weighted by Gasteiger charge is -2.03. The van der Waals surface area contributed by atoms with Gasteiger partial charge in [-0.25, -0.2) is 0 Å². The molecule has 0 aliphatic heterocycles. The first-order valence-corrected chi connectivity index (χ1v) is 6.67. The molecule has 0 saturated carbocycles. The third-order valence-electron chi connectivity index (χ3n) is 2.10. The second kappa shape index (κ2) is 4.56. The molecule has 0 bridgehead atoms. The minimum Gasteiger partial charge on any atom is -0.487 e. The fraction of sp³-hybridized carbons (Fsp3) is 0.273. The van der Waals surface area contributed by atoms with Gasteiger partial charge in [0.15, 0.2) is 5.06 Å². The first kappa shape index (κ1) is 11.0. The van der Waals surface area contributed by atoms with Crippen molar-refractivity contribution < 1.29 is 4.74 Å². The van der Waals surface area contributed by atoms with E-state index in [1.807, 2.05) is 12.1 Å². The summed E-state index contributed by atoms with van der Waals surface area (Å²) >= 11 is 9.70. The largest absolute Gasteiger partial charge is 0.487 e. The molecular weight excluding hydrogens is 248 g/mol. The molecule has 0 N–H and O–H groups in total. The van der Waals surface area contributed by atoms with Crippen LogP contribution in [0.3, 0.4) is 0 Å². The molecule has 0 fully saturated rings. The van der Waals surface area contributed by atoms with Gasteiger partial charge in [-0.2, -0.15) is 0 Å². The number of halogens is 1. The van der Waals surface area contributed by atoms with E-state index in [2.05, 4.69) is 18.4 Å². The summed E-state index contributed by atoms with van der Waals surface area (Å²) in [6, 6.07) is 6.11. The number of rotatable bonds is 3. The SMILES string of the molecule is COc1ccc(C(Cl)c2csc(C)c2)s1. The topological polar surface area (TPSA) is 9.23 Å². The van der Waals surface area contributed by atoms with Crippen LogP contribution in [-0.4, -0.2) is 7.11 Å². The lowest BCUT2D eigenvalue weighted by Crippen LogP contribution is -1.85. The molecule has 0 aliphatic carbocycles. The Morgan fingerprint density at radius 2 is 2.20 bits per heavy atom. The smallest absolute Gasteiger partial charge is 0.173 e. The van der Waals surface area contributed by atoms with Crippen molar-refractivity contribution in [3.05, 3.63) is 38.9 Å². The van der Waals surface area contributed by atoms with E-state index in [-0.39, 0.29) is 5.38 Å². The summed E-state index contributed by atoms with van der Waals surface area (Å²) in [6.45, 7) is 2.09. The van der Waals surface area contributed by atoms with Crippen LogP contribution in [0.1, 0.15) is 20.7 Å². The maximum Gasteiger partial charge on any atom is 0.173 e. The van der Waals surface area contributed by atoms with Crippen molar-refractivity contribution in [2.75, 3.05) is 7.11 Å². The molecule has 2 heterocycles. The minimum atomic E-state index is -0.0520. The molecule has 0 radical (unpaired) electrons. The molecule has 1 unspecified atom stereocenters. The van der Waals surface area contributed by atoms with Crippen LogP contribution >= 0.6 is 34.3 Å². The second-order valence-electron chi connectivity index (χ2n) is 3.21. The van der Waals surface area contributed by atoms with E-state index < -0.39 is 0 Å². The summed E-state index contributed by atoms with van der Waals surface area (Å²) in [7, 11) is 1.67. The predicted molar refractivity (Wildman–Crippen MR) is 67.6 cm³/mol. The summed E-state index contributed by atoms with van der Waals surface area (Å²) in [5.74, 6) is 0. The first-order valence-electron chi connectivity index (χ1n) is 4.53. The fourth-order valence-electron chi connectivity index (χ4n) is 1.34. The molecule has 2 aromatic heterocycles. The van der Waals surface area contributed by atoms with Gasteiger partial charge in [0.2, 0.25) is 0 Å². The lowest BCUT2D eigenvalue weighted by atomic mass is 10.2. The lowest BCUT2D eigenvalue weighted by molar-refractivity contribution is 0.427. The Morgan fingerprint density at radius 1 is 1.40 bits per heavy atom. The van der Waals surface area contributed by atoms with Crippen molar-refractivity contribution in [1.29, 1.82) is 0 Å². The van der Waals surface area contributed by atoms with Gasteiger partial charge in [-0.3, -0.25) is 0 Å². The molecular formula is C11H11ClOS2. The summed E-state index contributed by atoms with van der Waals surface area (Å²) in [5, 5.41) is 2.96. The van der Waals surface area contributed by atoms with Crippen molar-refractivity contribution in [3.63, 3.8) is 0 Å². The molecule has 2 aromatic rings. The van der Waals surface area contributed by atoms with E-state index in [1.54, 1.807) is 29.8 Å². The molecule has 0 aliphatic rings. The van der Waals surface area contributed by atoms with Crippen LogP contribution in [0.15, 0.2) is 23.6 Å². The van der Waals surface area contributed by atoms with Crippen LogP contribution in [0.5, 0.6) is 5.06 Å². The van der Waals surface area contributed by atoms with E-state index in [0.29, 0.717) is 0 Å². The van der Waals surface area contributed by atoms with Gasteiger partial charge < -0.3 is 4.74 Å². The first-order chi connectivity index (χ1) is 7.20. The third kappa shape index (κ3) is 2.36. The fourth-order valence-corrected chi connectivity index (χ4v) is 3.31. The van der Waals surface area contributed by atoms with E-state index in [1.165, 1.54) is 10.4 Å². The zero-order valence-corrected chi connectivity index (χ0v) is 10.9. The van der Waals surface area contributed by atoms with Gasteiger partial charge in [0.05, 0.1) is 12.5 Å². The Hall–Kier alpha value is -0.510. The van der Waals surface area contributed by atoms with Crippen LogP contribution in [0.25, 0.3) is 0 Å². The summed E-state index contributed by atoms with van der Waals surface area (Å²) < 4.78 is 5.15. The average Bonchev–Trinajstić information content (AvgIpc) is 2.84. The molecule has 1 atom stereocenters. The van der Waals surface area contributed by atoms with Crippen molar-refractivity contribution in [2.45, 2.75) is 12.3 Å². The Bertz CT molecular complexity index is 447. The van der Waals surface area contributed by atoms with Crippen molar-refractivity contribution in [1.82, 2.24) is 0 Å². The number of methoxy groups -OCH3 is 1. The van der Waals surface area contributed by atoms with Crippen LogP contribution < -0.4 is 4.74 Å². The van der Waals surface area contributed by atoms with E-state index in [0.717, 1.165) is 9.94 Å². The van der Waals surface area contributed by atoms with E-state index in [9.17, 15) is 0 Å². The maximum atomic E-state index is 6.38. The van der Waals surface area contributed by atoms with Crippen LogP contribution in [-0.2, 0) is 0 Å². The Balaban J connectivity index is 2.23. The zero-order chi connectivity index (χ0) is 10.8. The van der Waals surface area contributed by atoms with Crippen LogP contribution in [0, 0.1) is 6.92 Å². The van der Waals surface area contributed by atoms with Gasteiger partial charge in [-0.1, -0.05) is 0 Å². The van der Waals surface area contributed by atoms with E-state index >= 15 is 0 Å². The molecule has 80 valence electrons. The summed E-state index contributed by atoms with van der Waals surface area (Å²) in [5.41, 5.74) is 1.17. The van der Waals surface area contributed by atoms with Crippen molar-refractivity contribution in [3.8, 4) is 5.06 Å². The maximum absolute atomic E-state index is 6.38. The molecule has 0 spiro atoms. The highest BCUT2D eigenvalue weighted by Crippen LogP contribution is 2.37. The van der Waals surface area contributed by atoms with Gasteiger partial charge in [0.1, 0.15) is 0 Å². The van der Waals surface area contributed by atoms with Gasteiger partial charge in [-0.05, 0) is 36.1 Å². The number of ether oxygens (including phenoxy) is 1. The normalized spacial score (nSPS) is 12.7. The molecule has 1 nitrogen and oxygen atoms in total. The van der Waals surface area contributed by atoms with Crippen LogP contribution in [0.2, 0.25) is 0 Å². The number of alkyl halides is 1. The van der Waals surface area contributed by atoms with Gasteiger partial charge >= 0.3 is 0 Å². The molecule has 4 heteroatoms. The predicted octanol–water partition coefficient (Wildman–Crippen LogP) is 4.45. The van der Waals surface area contributed by atoms with Crippen molar-refractivity contribution >= 4 is 34.3 Å². The second-order valence-corrected chi connectivity index (χ2v) is 5.84.